The minimum Gasteiger partial charge on any atom is -0.306 e. The lowest BCUT2D eigenvalue weighted by Crippen LogP contribution is -2.36. The second-order valence-corrected chi connectivity index (χ2v) is 6.75. The lowest BCUT2D eigenvalue weighted by Gasteiger charge is -2.28. The highest BCUT2D eigenvalue weighted by Gasteiger charge is 2.29. The topological polar surface area (TPSA) is 15.3 Å². The summed E-state index contributed by atoms with van der Waals surface area (Å²) in [5, 5.41) is 3.88. The van der Waals surface area contributed by atoms with Crippen molar-refractivity contribution in [1.29, 1.82) is 0 Å². The highest BCUT2D eigenvalue weighted by Crippen LogP contribution is 2.36. The molecule has 0 aromatic heterocycles. The zero-order valence-electron chi connectivity index (χ0n) is 11.2. The van der Waals surface area contributed by atoms with Crippen LogP contribution >= 0.6 is 11.8 Å². The molecule has 1 aromatic carbocycles. The van der Waals surface area contributed by atoms with Gasteiger partial charge in [0.1, 0.15) is 0 Å². The van der Waals surface area contributed by atoms with E-state index in [1.807, 2.05) is 11.8 Å². The van der Waals surface area contributed by atoms with Gasteiger partial charge in [-0.05, 0) is 44.2 Å². The van der Waals surface area contributed by atoms with Crippen LogP contribution in [0.2, 0.25) is 0 Å². The quantitative estimate of drug-likeness (QED) is 0.882. The average Bonchev–Trinajstić information content (AvgIpc) is 2.69. The molecule has 2 heterocycles. The molecule has 0 aliphatic carbocycles. The van der Waals surface area contributed by atoms with Gasteiger partial charge in [0, 0.05) is 29.6 Å². The fourth-order valence-corrected chi connectivity index (χ4v) is 4.24. The van der Waals surface area contributed by atoms with E-state index in [4.69, 9.17) is 0 Å². The van der Waals surface area contributed by atoms with Crippen molar-refractivity contribution >= 4 is 11.8 Å². The number of thioether (sulfide) groups is 1. The van der Waals surface area contributed by atoms with E-state index in [0.717, 1.165) is 6.04 Å². The van der Waals surface area contributed by atoms with Crippen LogP contribution in [0.25, 0.3) is 0 Å². The molecule has 0 saturated carbocycles. The fraction of sp³-hybridized carbons (Fsp3) is 0.600. The van der Waals surface area contributed by atoms with Crippen LogP contribution in [0.1, 0.15) is 31.4 Å². The molecule has 2 aliphatic heterocycles. The maximum absolute atomic E-state index is 3.88. The molecular formula is C15H22N2S. The first-order valence-corrected chi connectivity index (χ1v) is 7.90. The Hall–Kier alpha value is -0.510. The van der Waals surface area contributed by atoms with Crippen molar-refractivity contribution in [2.24, 2.45) is 0 Å². The van der Waals surface area contributed by atoms with Crippen LogP contribution in [0.15, 0.2) is 29.2 Å². The second kappa shape index (κ2) is 5.24. The molecule has 18 heavy (non-hydrogen) atoms. The predicted octanol–water partition coefficient (Wildman–Crippen LogP) is 2.91. The summed E-state index contributed by atoms with van der Waals surface area (Å²) in [4.78, 5) is 3.93. The molecule has 2 aliphatic rings. The smallest absolute Gasteiger partial charge is 0.0342 e. The largest absolute Gasteiger partial charge is 0.306 e. The molecule has 1 saturated heterocycles. The Morgan fingerprint density at radius 2 is 2.17 bits per heavy atom. The van der Waals surface area contributed by atoms with Gasteiger partial charge in [-0.1, -0.05) is 18.2 Å². The van der Waals surface area contributed by atoms with Gasteiger partial charge in [-0.15, -0.1) is 11.8 Å². The minimum absolute atomic E-state index is 0.561. The fourth-order valence-electron chi connectivity index (χ4n) is 3.11. The summed E-state index contributed by atoms with van der Waals surface area (Å²) in [7, 11) is 2.23. The summed E-state index contributed by atoms with van der Waals surface area (Å²) in [6.45, 7) is 3.51. The highest BCUT2D eigenvalue weighted by atomic mass is 32.2. The van der Waals surface area contributed by atoms with Crippen molar-refractivity contribution in [2.75, 3.05) is 19.3 Å². The lowest BCUT2D eigenvalue weighted by molar-refractivity contribution is 0.323. The van der Waals surface area contributed by atoms with E-state index >= 15 is 0 Å². The van der Waals surface area contributed by atoms with E-state index in [9.17, 15) is 0 Å². The maximum atomic E-state index is 3.88. The molecule has 0 bridgehead atoms. The number of fused-ring (bicyclic) bond motifs is 1. The van der Waals surface area contributed by atoms with Crippen molar-refractivity contribution in [3.8, 4) is 0 Å². The molecule has 1 aromatic rings. The van der Waals surface area contributed by atoms with E-state index in [-0.39, 0.29) is 0 Å². The number of hydrogen-bond acceptors (Lipinski definition) is 3. The molecule has 1 fully saturated rings. The Bertz CT molecular complexity index is 411. The monoisotopic (exact) mass is 262 g/mol. The van der Waals surface area contributed by atoms with Gasteiger partial charge in [0.2, 0.25) is 0 Å². The Morgan fingerprint density at radius 1 is 1.33 bits per heavy atom. The normalized spacial score (nSPS) is 32.4. The van der Waals surface area contributed by atoms with Gasteiger partial charge < -0.3 is 10.2 Å². The summed E-state index contributed by atoms with van der Waals surface area (Å²) in [6, 6.07) is 10.8. The molecule has 1 N–H and O–H groups in total. The van der Waals surface area contributed by atoms with Gasteiger partial charge in [0.05, 0.1) is 0 Å². The summed E-state index contributed by atoms with van der Waals surface area (Å²) < 4.78 is 0. The number of nitrogens with one attached hydrogen (secondary N) is 1. The third-order valence-electron chi connectivity index (χ3n) is 4.28. The number of likely N-dealkylation sites (N-methyl/N-ethyl adjacent to an activating group) is 1. The molecule has 3 rings (SSSR count). The predicted molar refractivity (Wildman–Crippen MR) is 78.2 cm³/mol. The van der Waals surface area contributed by atoms with Crippen LogP contribution in [-0.4, -0.2) is 36.3 Å². The van der Waals surface area contributed by atoms with Crippen molar-refractivity contribution in [3.05, 3.63) is 29.8 Å². The first-order valence-electron chi connectivity index (χ1n) is 6.92. The standard InChI is InChI=1S/C15H22N2S/c1-11-9-12(10-17(11)2)16-14-7-8-18-15-6-4-3-5-13(14)15/h3-6,11-12,14,16H,7-10H2,1-2H3. The lowest BCUT2D eigenvalue weighted by atomic mass is 10.0. The van der Waals surface area contributed by atoms with Crippen molar-refractivity contribution in [3.63, 3.8) is 0 Å². The van der Waals surface area contributed by atoms with Gasteiger partial charge >= 0.3 is 0 Å². The maximum Gasteiger partial charge on any atom is 0.0342 e. The molecule has 2 nitrogen and oxygen atoms in total. The van der Waals surface area contributed by atoms with E-state index < -0.39 is 0 Å². The molecule has 3 heteroatoms. The Morgan fingerprint density at radius 3 is 2.94 bits per heavy atom. The first kappa shape index (κ1) is 12.5. The SMILES string of the molecule is CC1CC(NC2CCSc3ccccc32)CN1C. The van der Waals surface area contributed by atoms with Crippen LogP contribution < -0.4 is 5.32 Å². The first-order chi connectivity index (χ1) is 8.74. The zero-order valence-corrected chi connectivity index (χ0v) is 12.0. The summed E-state index contributed by atoms with van der Waals surface area (Å²) in [5.41, 5.74) is 1.51. The number of rotatable bonds is 2. The Kier molecular flexibility index (Phi) is 3.64. The molecule has 3 unspecified atom stereocenters. The van der Waals surface area contributed by atoms with Crippen LogP contribution in [0.5, 0.6) is 0 Å². The third kappa shape index (κ3) is 2.44. The van der Waals surface area contributed by atoms with E-state index in [2.05, 4.69) is 48.5 Å². The van der Waals surface area contributed by atoms with Gasteiger partial charge in [0.25, 0.3) is 0 Å². The number of benzene rings is 1. The van der Waals surface area contributed by atoms with Crippen LogP contribution in [0.4, 0.5) is 0 Å². The molecule has 0 spiro atoms. The molecule has 0 amide bonds. The van der Waals surface area contributed by atoms with Gasteiger partial charge in [-0.3, -0.25) is 0 Å². The van der Waals surface area contributed by atoms with Gasteiger partial charge in [-0.2, -0.15) is 0 Å². The molecule has 0 radical (unpaired) electrons. The third-order valence-corrected chi connectivity index (χ3v) is 5.40. The van der Waals surface area contributed by atoms with Crippen molar-refractivity contribution < 1.29 is 0 Å². The van der Waals surface area contributed by atoms with Crippen LogP contribution in [0, 0.1) is 0 Å². The number of likely N-dealkylation sites (tertiary alicyclic amines) is 1. The average molecular weight is 262 g/mol. The minimum atomic E-state index is 0.561. The second-order valence-electron chi connectivity index (χ2n) is 5.62. The van der Waals surface area contributed by atoms with Crippen LogP contribution in [0.3, 0.4) is 0 Å². The summed E-state index contributed by atoms with van der Waals surface area (Å²) in [5.74, 6) is 1.24. The highest BCUT2D eigenvalue weighted by molar-refractivity contribution is 7.99. The number of hydrogen-bond donors (Lipinski definition) is 1. The van der Waals surface area contributed by atoms with E-state index in [1.165, 1.54) is 35.6 Å². The van der Waals surface area contributed by atoms with E-state index in [0.29, 0.717) is 12.1 Å². The van der Waals surface area contributed by atoms with Gasteiger partial charge in [-0.25, -0.2) is 0 Å². The molecule has 3 atom stereocenters. The van der Waals surface area contributed by atoms with Crippen molar-refractivity contribution in [2.45, 2.75) is 42.8 Å². The number of nitrogens with zero attached hydrogens (tertiary/aromatic N) is 1. The van der Waals surface area contributed by atoms with Crippen molar-refractivity contribution in [1.82, 2.24) is 10.2 Å². The van der Waals surface area contributed by atoms with Crippen LogP contribution in [-0.2, 0) is 0 Å². The zero-order chi connectivity index (χ0) is 12.5. The molecule has 98 valence electrons. The summed E-state index contributed by atoms with van der Waals surface area (Å²) in [6.07, 6.45) is 2.54. The van der Waals surface area contributed by atoms with Gasteiger partial charge in [0.15, 0.2) is 0 Å². The van der Waals surface area contributed by atoms with E-state index in [1.54, 1.807) is 0 Å². The molecular weight excluding hydrogens is 240 g/mol. The Labute approximate surface area is 114 Å². The summed E-state index contributed by atoms with van der Waals surface area (Å²) >= 11 is 2.00. The Balaban J connectivity index is 1.71.